The second-order valence-corrected chi connectivity index (χ2v) is 8.89. The van der Waals surface area contributed by atoms with Gasteiger partial charge in [-0.3, -0.25) is 4.90 Å². The van der Waals surface area contributed by atoms with E-state index in [1.807, 2.05) is 6.20 Å². The van der Waals surface area contributed by atoms with Crippen LogP contribution in [0.3, 0.4) is 0 Å². The van der Waals surface area contributed by atoms with Crippen molar-refractivity contribution < 1.29 is 9.13 Å². The third-order valence-corrected chi connectivity index (χ3v) is 7.05. The minimum Gasteiger partial charge on any atom is -0.381 e. The number of rotatable bonds is 5. The Hall–Kier alpha value is -2.71. The highest BCUT2D eigenvalue weighted by molar-refractivity contribution is 5.71. The average Bonchev–Trinajstić information content (AvgIpc) is 3.11. The van der Waals surface area contributed by atoms with Crippen LogP contribution < -0.4 is 10.6 Å². The molecular formula is C24H31FN6O. The first-order valence-electron chi connectivity index (χ1n) is 11.5. The molecule has 2 unspecified atom stereocenters. The Morgan fingerprint density at radius 2 is 1.88 bits per heavy atom. The van der Waals surface area contributed by atoms with Crippen molar-refractivity contribution in [3.63, 3.8) is 0 Å². The molecule has 1 aromatic carbocycles. The van der Waals surface area contributed by atoms with E-state index < -0.39 is 5.82 Å². The lowest BCUT2D eigenvalue weighted by Crippen LogP contribution is -2.45. The number of ether oxygens (including phenoxy) is 1. The molecule has 0 aliphatic carbocycles. The number of halogens is 1. The fourth-order valence-corrected chi connectivity index (χ4v) is 5.00. The molecule has 0 saturated carbocycles. The van der Waals surface area contributed by atoms with Crippen LogP contribution in [0.5, 0.6) is 0 Å². The lowest BCUT2D eigenvalue weighted by Gasteiger charge is -2.39. The lowest BCUT2D eigenvalue weighted by molar-refractivity contribution is 0.0462. The number of likely N-dealkylation sites (tertiary alicyclic amines) is 1. The van der Waals surface area contributed by atoms with E-state index in [-0.39, 0.29) is 23.8 Å². The number of nitrogens with two attached hydrogens (primary N) is 1. The summed E-state index contributed by atoms with van der Waals surface area (Å²) < 4.78 is 20.4. The van der Waals surface area contributed by atoms with Crippen LogP contribution in [0.2, 0.25) is 0 Å². The predicted octanol–water partition coefficient (Wildman–Crippen LogP) is 3.61. The first-order valence-corrected chi connectivity index (χ1v) is 11.5. The lowest BCUT2D eigenvalue weighted by atomic mass is 10.0. The smallest absolute Gasteiger partial charge is 0.220 e. The summed E-state index contributed by atoms with van der Waals surface area (Å²) in [6.45, 7) is 8.17. The second kappa shape index (κ2) is 8.67. The third-order valence-electron chi connectivity index (χ3n) is 7.05. The van der Waals surface area contributed by atoms with Gasteiger partial charge in [0.15, 0.2) is 5.82 Å². The Labute approximate surface area is 188 Å². The molecule has 2 saturated heterocycles. The molecule has 3 aliphatic heterocycles. The largest absolute Gasteiger partial charge is 0.381 e. The molecule has 0 bridgehead atoms. The molecule has 2 aromatic rings. The van der Waals surface area contributed by atoms with Crippen molar-refractivity contribution in [2.45, 2.75) is 51.4 Å². The van der Waals surface area contributed by atoms with Gasteiger partial charge in [0, 0.05) is 37.2 Å². The number of benzene rings is 1. The van der Waals surface area contributed by atoms with Gasteiger partial charge < -0.3 is 20.3 Å². The summed E-state index contributed by atoms with van der Waals surface area (Å²) in [4.78, 5) is 15.0. The van der Waals surface area contributed by atoms with Crippen molar-refractivity contribution in [3.05, 3.63) is 53.7 Å². The van der Waals surface area contributed by atoms with E-state index in [9.17, 15) is 4.39 Å². The molecule has 0 spiro atoms. The summed E-state index contributed by atoms with van der Waals surface area (Å²) in [7, 11) is 0. The molecule has 32 heavy (non-hydrogen) atoms. The Balaban J connectivity index is 1.48. The second-order valence-electron chi connectivity index (χ2n) is 8.89. The van der Waals surface area contributed by atoms with E-state index in [1.54, 1.807) is 0 Å². The van der Waals surface area contributed by atoms with Gasteiger partial charge in [0.25, 0.3) is 0 Å². The molecule has 2 fully saturated rings. The van der Waals surface area contributed by atoms with Gasteiger partial charge in [-0.2, -0.15) is 0 Å². The van der Waals surface area contributed by atoms with Gasteiger partial charge in [-0.1, -0.05) is 12.1 Å². The highest BCUT2D eigenvalue weighted by atomic mass is 19.1. The van der Waals surface area contributed by atoms with Crippen LogP contribution in [0.4, 0.5) is 16.0 Å². The highest BCUT2D eigenvalue weighted by Gasteiger charge is 2.37. The Morgan fingerprint density at radius 3 is 2.53 bits per heavy atom. The van der Waals surface area contributed by atoms with Crippen LogP contribution in [0, 0.1) is 5.82 Å². The minimum absolute atomic E-state index is 0.0161. The van der Waals surface area contributed by atoms with Crippen LogP contribution in [0.15, 0.2) is 36.7 Å². The highest BCUT2D eigenvalue weighted by Crippen LogP contribution is 2.38. The van der Waals surface area contributed by atoms with E-state index in [0.29, 0.717) is 19.3 Å². The molecule has 7 nitrogen and oxygen atoms in total. The summed E-state index contributed by atoms with van der Waals surface area (Å²) in [6, 6.07) is 9.41. The van der Waals surface area contributed by atoms with Gasteiger partial charge in [-0.15, -0.1) is 0 Å². The summed E-state index contributed by atoms with van der Waals surface area (Å²) in [5.74, 6) is -0.389. The van der Waals surface area contributed by atoms with E-state index in [1.165, 1.54) is 25.1 Å². The summed E-state index contributed by atoms with van der Waals surface area (Å²) in [6.07, 6.45) is 6.24. The topological polar surface area (TPSA) is 70.8 Å². The molecule has 4 heterocycles. The summed E-state index contributed by atoms with van der Waals surface area (Å²) in [5.41, 5.74) is 9.20. The molecule has 1 aromatic heterocycles. The zero-order valence-electron chi connectivity index (χ0n) is 18.7. The van der Waals surface area contributed by atoms with Gasteiger partial charge in [-0.05, 0) is 63.9 Å². The van der Waals surface area contributed by atoms with Crippen LogP contribution in [-0.2, 0) is 4.74 Å². The van der Waals surface area contributed by atoms with Crippen molar-refractivity contribution in [3.8, 4) is 0 Å². The normalized spacial score (nSPS) is 23.2. The number of hydrogen-bond acceptors (Lipinski definition) is 7. The molecule has 8 heteroatoms. The van der Waals surface area contributed by atoms with Crippen LogP contribution in [0.1, 0.15) is 50.4 Å². The van der Waals surface area contributed by atoms with Crippen LogP contribution in [-0.4, -0.2) is 58.3 Å². The van der Waals surface area contributed by atoms with Gasteiger partial charge in [0.2, 0.25) is 5.95 Å². The van der Waals surface area contributed by atoms with Gasteiger partial charge in [0.1, 0.15) is 11.9 Å². The SMILES string of the molecule is CC(c1ccc(N2C=C(c3nc(N)ncc3F)N(C3CCOCC3)C2C)cc1)N1CCC1. The zero-order chi connectivity index (χ0) is 22.2. The van der Waals surface area contributed by atoms with Crippen molar-refractivity contribution in [2.75, 3.05) is 36.9 Å². The van der Waals surface area contributed by atoms with Crippen molar-refractivity contribution in [2.24, 2.45) is 0 Å². The quantitative estimate of drug-likeness (QED) is 0.765. The molecular weight excluding hydrogens is 407 g/mol. The maximum atomic E-state index is 14.8. The summed E-state index contributed by atoms with van der Waals surface area (Å²) >= 11 is 0. The van der Waals surface area contributed by atoms with E-state index >= 15 is 0 Å². The maximum absolute atomic E-state index is 14.8. The Morgan fingerprint density at radius 1 is 1.16 bits per heavy atom. The number of nitrogen functional groups attached to an aromatic ring is 1. The zero-order valence-corrected chi connectivity index (χ0v) is 18.7. The molecule has 5 rings (SSSR count). The van der Waals surface area contributed by atoms with Crippen LogP contribution in [0.25, 0.3) is 5.70 Å². The number of hydrogen-bond donors (Lipinski definition) is 1. The Kier molecular flexibility index (Phi) is 5.73. The number of aromatic nitrogens is 2. The fraction of sp³-hybridized carbons (Fsp3) is 0.500. The first kappa shape index (κ1) is 21.2. The molecule has 3 aliphatic rings. The minimum atomic E-state index is -0.463. The van der Waals surface area contributed by atoms with E-state index in [2.05, 4.69) is 62.8 Å². The van der Waals surface area contributed by atoms with Gasteiger partial charge >= 0.3 is 0 Å². The van der Waals surface area contributed by atoms with Crippen molar-refractivity contribution in [1.82, 2.24) is 19.8 Å². The molecule has 0 radical (unpaired) electrons. The maximum Gasteiger partial charge on any atom is 0.220 e. The molecule has 170 valence electrons. The monoisotopic (exact) mass is 438 g/mol. The van der Waals surface area contributed by atoms with E-state index in [4.69, 9.17) is 10.5 Å². The predicted molar refractivity (Wildman–Crippen MR) is 123 cm³/mol. The van der Waals surface area contributed by atoms with Gasteiger partial charge in [0.05, 0.1) is 11.9 Å². The standard InChI is InChI=1S/C24H31FN6O/c1-16(29-10-3-11-29)18-4-6-19(7-5-18)30-15-22(23-21(25)14-27-24(26)28-23)31(17(30)2)20-8-12-32-13-9-20/h4-7,14-17,20H,3,8-13H2,1-2H3,(H2,26,27,28). The van der Waals surface area contributed by atoms with Gasteiger partial charge in [-0.25, -0.2) is 14.4 Å². The molecule has 0 amide bonds. The third kappa shape index (κ3) is 3.82. The summed E-state index contributed by atoms with van der Waals surface area (Å²) in [5, 5.41) is 0. The fourth-order valence-electron chi connectivity index (χ4n) is 5.00. The first-order chi connectivity index (χ1) is 15.5. The molecule has 2 atom stereocenters. The molecule has 2 N–H and O–H groups in total. The van der Waals surface area contributed by atoms with Crippen molar-refractivity contribution in [1.29, 1.82) is 0 Å². The Bertz CT molecular complexity index is 986. The average molecular weight is 439 g/mol. The number of nitrogens with zero attached hydrogens (tertiary/aromatic N) is 5. The number of anilines is 2. The van der Waals surface area contributed by atoms with Crippen molar-refractivity contribution >= 4 is 17.3 Å². The van der Waals surface area contributed by atoms with Crippen LogP contribution >= 0.6 is 0 Å². The van der Waals surface area contributed by atoms with E-state index in [0.717, 1.165) is 30.4 Å².